The van der Waals surface area contributed by atoms with Gasteiger partial charge in [-0.25, -0.2) is 0 Å². The molecule has 0 saturated carbocycles. The van der Waals surface area contributed by atoms with Crippen LogP contribution in [0.1, 0.15) is 10.4 Å². The summed E-state index contributed by atoms with van der Waals surface area (Å²) in [6, 6.07) is 5.01. The normalized spacial score (nSPS) is 10.2. The zero-order valence-electron chi connectivity index (χ0n) is 8.02. The second kappa shape index (κ2) is 3.57. The molecule has 1 aromatic carbocycles. The first-order valence-electron chi connectivity index (χ1n) is 4.31. The van der Waals surface area contributed by atoms with Crippen molar-refractivity contribution in [1.82, 2.24) is 0 Å². The lowest BCUT2D eigenvalue weighted by molar-refractivity contribution is 0.112. The molecule has 2 aromatic rings. The molecule has 76 valence electrons. The van der Waals surface area contributed by atoms with Crippen molar-refractivity contribution in [2.24, 2.45) is 0 Å². The van der Waals surface area contributed by atoms with Crippen LogP contribution in [-0.4, -0.2) is 13.4 Å². The highest BCUT2D eigenvalue weighted by molar-refractivity contribution is 5.88. The van der Waals surface area contributed by atoms with E-state index < -0.39 is 0 Å². The fourth-order valence-electron chi connectivity index (χ4n) is 1.41. The van der Waals surface area contributed by atoms with Gasteiger partial charge in [0.15, 0.2) is 6.29 Å². The van der Waals surface area contributed by atoms with Crippen LogP contribution in [0.2, 0.25) is 0 Å². The maximum atomic E-state index is 11.8. The molecule has 0 atom stereocenters. The number of aldehydes is 1. The van der Waals surface area contributed by atoms with E-state index >= 15 is 0 Å². The molecule has 2 rings (SSSR count). The average molecular weight is 204 g/mol. The summed E-state index contributed by atoms with van der Waals surface area (Å²) in [7, 11) is 1.46. The molecular weight excluding hydrogens is 196 g/mol. The quantitative estimate of drug-likeness (QED) is 0.697. The Labute approximate surface area is 85.1 Å². The van der Waals surface area contributed by atoms with Crippen molar-refractivity contribution >= 4 is 17.3 Å². The summed E-state index contributed by atoms with van der Waals surface area (Å²) in [6.07, 6.45) is 1.62. The molecule has 0 bridgehead atoms. The molecule has 4 heteroatoms. The Morgan fingerprint density at radius 2 is 2.20 bits per heavy atom. The molecule has 0 aliphatic carbocycles. The standard InChI is InChI=1S/C11H8O4/c1-14-8-3-2-4-9-10(8)11(13)7(5-12)6-15-9/h2-6H,1H3. The predicted octanol–water partition coefficient (Wildman–Crippen LogP) is 1.61. The van der Waals surface area contributed by atoms with E-state index in [1.54, 1.807) is 18.2 Å². The van der Waals surface area contributed by atoms with Crippen LogP contribution in [0.5, 0.6) is 5.75 Å². The van der Waals surface area contributed by atoms with Gasteiger partial charge in [-0.15, -0.1) is 0 Å². The van der Waals surface area contributed by atoms with Gasteiger partial charge in [0, 0.05) is 0 Å². The first-order chi connectivity index (χ1) is 7.27. The van der Waals surface area contributed by atoms with E-state index in [0.29, 0.717) is 23.0 Å². The topological polar surface area (TPSA) is 56.5 Å². The van der Waals surface area contributed by atoms with Crippen molar-refractivity contribution in [2.45, 2.75) is 0 Å². The number of hydrogen-bond acceptors (Lipinski definition) is 4. The molecule has 1 aromatic heterocycles. The molecular formula is C11H8O4. The van der Waals surface area contributed by atoms with Crippen LogP contribution in [0.3, 0.4) is 0 Å². The molecule has 4 nitrogen and oxygen atoms in total. The van der Waals surface area contributed by atoms with Crippen molar-refractivity contribution in [2.75, 3.05) is 7.11 Å². The van der Waals surface area contributed by atoms with Gasteiger partial charge in [-0.3, -0.25) is 9.59 Å². The smallest absolute Gasteiger partial charge is 0.206 e. The Kier molecular flexibility index (Phi) is 2.25. The Balaban J connectivity index is 2.95. The fraction of sp³-hybridized carbons (Fsp3) is 0.0909. The number of rotatable bonds is 2. The summed E-state index contributed by atoms with van der Waals surface area (Å²) < 4.78 is 10.2. The Morgan fingerprint density at radius 1 is 1.40 bits per heavy atom. The first kappa shape index (κ1) is 9.45. The molecule has 0 N–H and O–H groups in total. The number of ether oxygens (including phenoxy) is 1. The zero-order valence-corrected chi connectivity index (χ0v) is 8.02. The van der Waals surface area contributed by atoms with Gasteiger partial charge in [-0.05, 0) is 12.1 Å². The molecule has 0 aliphatic heterocycles. The largest absolute Gasteiger partial charge is 0.496 e. The van der Waals surface area contributed by atoms with E-state index in [2.05, 4.69) is 0 Å². The van der Waals surface area contributed by atoms with E-state index in [0.717, 1.165) is 6.26 Å². The van der Waals surface area contributed by atoms with Crippen LogP contribution < -0.4 is 10.2 Å². The second-order valence-electron chi connectivity index (χ2n) is 2.97. The SMILES string of the molecule is COc1cccc2occ(C=O)c(=O)c12. The average Bonchev–Trinajstić information content (AvgIpc) is 2.29. The summed E-state index contributed by atoms with van der Waals surface area (Å²) in [6.45, 7) is 0. The van der Waals surface area contributed by atoms with Gasteiger partial charge < -0.3 is 9.15 Å². The van der Waals surface area contributed by atoms with Gasteiger partial charge >= 0.3 is 0 Å². The van der Waals surface area contributed by atoms with Crippen LogP contribution in [0.4, 0.5) is 0 Å². The highest BCUT2D eigenvalue weighted by atomic mass is 16.5. The lowest BCUT2D eigenvalue weighted by Gasteiger charge is -2.03. The second-order valence-corrected chi connectivity index (χ2v) is 2.97. The van der Waals surface area contributed by atoms with Crippen LogP contribution in [-0.2, 0) is 0 Å². The number of methoxy groups -OCH3 is 1. The first-order valence-corrected chi connectivity index (χ1v) is 4.31. The Morgan fingerprint density at radius 3 is 2.87 bits per heavy atom. The minimum atomic E-state index is -0.372. The summed E-state index contributed by atoms with van der Waals surface area (Å²) >= 11 is 0. The number of hydrogen-bond donors (Lipinski definition) is 0. The predicted molar refractivity (Wildman–Crippen MR) is 54.4 cm³/mol. The van der Waals surface area contributed by atoms with Gasteiger partial charge in [-0.1, -0.05) is 6.07 Å². The lowest BCUT2D eigenvalue weighted by atomic mass is 10.1. The van der Waals surface area contributed by atoms with E-state index in [4.69, 9.17) is 9.15 Å². The molecule has 0 saturated heterocycles. The van der Waals surface area contributed by atoms with E-state index in [9.17, 15) is 9.59 Å². The molecule has 0 radical (unpaired) electrons. The molecule has 0 unspecified atom stereocenters. The number of fused-ring (bicyclic) bond motifs is 1. The van der Waals surface area contributed by atoms with Crippen molar-refractivity contribution < 1.29 is 13.9 Å². The lowest BCUT2D eigenvalue weighted by Crippen LogP contribution is -2.08. The zero-order chi connectivity index (χ0) is 10.8. The van der Waals surface area contributed by atoms with E-state index in [1.165, 1.54) is 7.11 Å². The maximum absolute atomic E-state index is 11.8. The van der Waals surface area contributed by atoms with Crippen LogP contribution in [0, 0.1) is 0 Å². The Bertz CT molecular complexity index is 568. The van der Waals surface area contributed by atoms with Gasteiger partial charge in [0.25, 0.3) is 0 Å². The van der Waals surface area contributed by atoms with Gasteiger partial charge in [0.05, 0.1) is 12.7 Å². The molecule has 0 fully saturated rings. The number of carbonyl (C=O) groups excluding carboxylic acids is 1. The third-order valence-electron chi connectivity index (χ3n) is 2.14. The molecule has 15 heavy (non-hydrogen) atoms. The van der Waals surface area contributed by atoms with Gasteiger partial charge in [0.1, 0.15) is 23.0 Å². The van der Waals surface area contributed by atoms with Crippen molar-refractivity contribution in [1.29, 1.82) is 0 Å². The number of benzene rings is 1. The summed E-state index contributed by atoms with van der Waals surface area (Å²) in [5, 5.41) is 0.296. The minimum absolute atomic E-state index is 0.00741. The monoisotopic (exact) mass is 204 g/mol. The maximum Gasteiger partial charge on any atom is 0.206 e. The summed E-state index contributed by atoms with van der Waals surface area (Å²) in [4.78, 5) is 22.3. The van der Waals surface area contributed by atoms with Crippen molar-refractivity contribution in [3.63, 3.8) is 0 Å². The number of carbonyl (C=O) groups is 1. The van der Waals surface area contributed by atoms with Crippen LogP contribution >= 0.6 is 0 Å². The van der Waals surface area contributed by atoms with E-state index in [-0.39, 0.29) is 11.0 Å². The Hall–Kier alpha value is -2.10. The van der Waals surface area contributed by atoms with Crippen LogP contribution in [0.15, 0.2) is 33.7 Å². The molecule has 1 heterocycles. The molecule has 0 spiro atoms. The third kappa shape index (κ3) is 1.40. The molecule has 0 amide bonds. The van der Waals surface area contributed by atoms with E-state index in [1.807, 2.05) is 0 Å². The minimum Gasteiger partial charge on any atom is -0.496 e. The summed E-state index contributed by atoms with van der Waals surface area (Å²) in [5.74, 6) is 0.407. The summed E-state index contributed by atoms with van der Waals surface area (Å²) in [5.41, 5.74) is 0.0284. The van der Waals surface area contributed by atoms with Crippen LogP contribution in [0.25, 0.3) is 11.0 Å². The third-order valence-corrected chi connectivity index (χ3v) is 2.14. The van der Waals surface area contributed by atoms with Crippen molar-refractivity contribution in [3.8, 4) is 5.75 Å². The van der Waals surface area contributed by atoms with Crippen molar-refractivity contribution in [3.05, 3.63) is 40.2 Å². The highest BCUT2D eigenvalue weighted by Crippen LogP contribution is 2.21. The van der Waals surface area contributed by atoms with Gasteiger partial charge in [-0.2, -0.15) is 0 Å². The molecule has 0 aliphatic rings. The highest BCUT2D eigenvalue weighted by Gasteiger charge is 2.10. The van der Waals surface area contributed by atoms with Gasteiger partial charge in [0.2, 0.25) is 5.43 Å². The fourth-order valence-corrected chi connectivity index (χ4v) is 1.41.